The number of anilines is 2. The van der Waals surface area contributed by atoms with Gasteiger partial charge in [0.1, 0.15) is 23.2 Å². The normalized spacial score (nSPS) is 17.7. The van der Waals surface area contributed by atoms with Gasteiger partial charge in [-0.2, -0.15) is 17.7 Å². The number of piperazine rings is 1. The summed E-state index contributed by atoms with van der Waals surface area (Å²) in [4.78, 5) is 12.2. The van der Waals surface area contributed by atoms with E-state index in [1.54, 1.807) is 6.07 Å². The Bertz CT molecular complexity index is 1080. The molecule has 0 amide bonds. The average molecular weight is 440 g/mol. The van der Waals surface area contributed by atoms with Gasteiger partial charge in [-0.3, -0.25) is 0 Å². The van der Waals surface area contributed by atoms with E-state index in [0.717, 1.165) is 12.8 Å². The topological polar surface area (TPSA) is 75.3 Å². The van der Waals surface area contributed by atoms with Gasteiger partial charge < -0.3 is 9.80 Å². The van der Waals surface area contributed by atoms with Gasteiger partial charge in [-0.15, -0.1) is 15.3 Å². The molecule has 0 atom stereocenters. The highest BCUT2D eigenvalue weighted by molar-refractivity contribution is 5.49. The third kappa shape index (κ3) is 3.83. The monoisotopic (exact) mass is 440 g/mol. The van der Waals surface area contributed by atoms with E-state index in [1.807, 2.05) is 9.80 Å². The van der Waals surface area contributed by atoms with Crippen LogP contribution < -0.4 is 9.80 Å². The van der Waals surface area contributed by atoms with Crippen molar-refractivity contribution < 1.29 is 22.0 Å². The Morgan fingerprint density at radius 3 is 2.19 bits per heavy atom. The van der Waals surface area contributed by atoms with Gasteiger partial charge in [0.2, 0.25) is 0 Å². The molecular weight excluding hydrogens is 423 g/mol. The number of alkyl halides is 5. The lowest BCUT2D eigenvalue weighted by Crippen LogP contribution is -2.47. The maximum Gasteiger partial charge on any atom is 0.453 e. The predicted molar refractivity (Wildman–Crippen MR) is 99.2 cm³/mol. The standard InChI is InChI=1S/C18H17F5N8/c19-15(20)11-9-14(25-16(24-11)10-1-2-10)30-7-5-29(6-8-30)13-4-3-12-26-27-17(18(21,22)23)31(12)28-13/h3-4,9-10,15H,1-2,5-8H2. The van der Waals surface area contributed by atoms with Crippen molar-refractivity contribution in [2.45, 2.75) is 31.4 Å². The van der Waals surface area contributed by atoms with Gasteiger partial charge in [0.05, 0.1) is 0 Å². The molecule has 4 heterocycles. The minimum atomic E-state index is -4.67. The van der Waals surface area contributed by atoms with Crippen molar-refractivity contribution in [1.29, 1.82) is 0 Å². The summed E-state index contributed by atoms with van der Waals surface area (Å²) in [5, 5.41) is 10.7. The molecule has 0 unspecified atom stereocenters. The zero-order valence-corrected chi connectivity index (χ0v) is 16.1. The predicted octanol–water partition coefficient (Wildman–Crippen LogP) is 3.07. The molecule has 8 nitrogen and oxygen atoms in total. The van der Waals surface area contributed by atoms with Crippen LogP contribution in [-0.4, -0.2) is 56.0 Å². The molecule has 2 fully saturated rings. The van der Waals surface area contributed by atoms with Crippen molar-refractivity contribution in [1.82, 2.24) is 29.8 Å². The zero-order valence-electron chi connectivity index (χ0n) is 16.1. The molecule has 3 aromatic heterocycles. The average Bonchev–Trinajstić information content (AvgIpc) is 3.51. The largest absolute Gasteiger partial charge is 0.453 e. The lowest BCUT2D eigenvalue weighted by Gasteiger charge is -2.36. The second-order valence-electron chi connectivity index (χ2n) is 7.54. The first-order valence-corrected chi connectivity index (χ1v) is 9.76. The highest BCUT2D eigenvalue weighted by Gasteiger charge is 2.38. The molecule has 13 heteroatoms. The smallest absolute Gasteiger partial charge is 0.353 e. The van der Waals surface area contributed by atoms with Gasteiger partial charge in [-0.1, -0.05) is 0 Å². The summed E-state index contributed by atoms with van der Waals surface area (Å²) in [5.41, 5.74) is -0.281. The first-order chi connectivity index (χ1) is 14.8. The molecule has 164 valence electrons. The van der Waals surface area contributed by atoms with Crippen LogP contribution in [0.4, 0.5) is 33.6 Å². The number of halogens is 5. The fourth-order valence-electron chi connectivity index (χ4n) is 3.56. The van der Waals surface area contributed by atoms with Crippen LogP contribution in [0, 0.1) is 0 Å². The third-order valence-corrected chi connectivity index (χ3v) is 5.35. The summed E-state index contributed by atoms with van der Waals surface area (Å²) in [6.07, 6.45) is -5.55. The molecule has 1 aliphatic carbocycles. The fraction of sp³-hybridized carbons (Fsp3) is 0.500. The Balaban J connectivity index is 1.35. The number of hydrogen-bond donors (Lipinski definition) is 0. The summed E-state index contributed by atoms with van der Waals surface area (Å²) in [5.74, 6) is 0.215. The lowest BCUT2D eigenvalue weighted by molar-refractivity contribution is -0.146. The fourth-order valence-corrected chi connectivity index (χ4v) is 3.56. The Kier molecular flexibility index (Phi) is 4.63. The third-order valence-electron chi connectivity index (χ3n) is 5.35. The van der Waals surface area contributed by atoms with Crippen LogP contribution in [0.15, 0.2) is 18.2 Å². The quantitative estimate of drug-likeness (QED) is 0.577. The first-order valence-electron chi connectivity index (χ1n) is 9.76. The first kappa shape index (κ1) is 19.8. The van der Waals surface area contributed by atoms with Gasteiger partial charge in [0.15, 0.2) is 5.65 Å². The summed E-state index contributed by atoms with van der Waals surface area (Å²) >= 11 is 0. The zero-order chi connectivity index (χ0) is 21.8. The molecule has 0 spiro atoms. The molecule has 1 saturated heterocycles. The van der Waals surface area contributed by atoms with Crippen molar-refractivity contribution in [3.05, 3.63) is 35.5 Å². The minimum Gasteiger partial charge on any atom is -0.353 e. The van der Waals surface area contributed by atoms with E-state index >= 15 is 0 Å². The van der Waals surface area contributed by atoms with Crippen LogP contribution in [-0.2, 0) is 6.18 Å². The van der Waals surface area contributed by atoms with E-state index in [0.29, 0.717) is 48.2 Å². The van der Waals surface area contributed by atoms with E-state index in [4.69, 9.17) is 0 Å². The highest BCUT2D eigenvalue weighted by Crippen LogP contribution is 2.39. The molecule has 2 aliphatic rings. The van der Waals surface area contributed by atoms with Gasteiger partial charge >= 0.3 is 6.18 Å². The molecule has 0 radical (unpaired) electrons. The number of nitrogens with zero attached hydrogens (tertiary/aromatic N) is 8. The minimum absolute atomic E-state index is 0.00262. The van der Waals surface area contributed by atoms with Crippen molar-refractivity contribution in [2.24, 2.45) is 0 Å². The lowest BCUT2D eigenvalue weighted by atomic mass is 10.2. The molecule has 3 aromatic rings. The molecule has 0 bridgehead atoms. The molecular formula is C18H17F5N8. The van der Waals surface area contributed by atoms with Crippen LogP contribution >= 0.6 is 0 Å². The maximum absolute atomic E-state index is 13.3. The van der Waals surface area contributed by atoms with E-state index in [9.17, 15) is 22.0 Å². The molecule has 31 heavy (non-hydrogen) atoms. The van der Waals surface area contributed by atoms with Crippen LogP contribution in [0.25, 0.3) is 5.65 Å². The number of rotatable bonds is 4. The molecule has 1 aliphatic heterocycles. The number of fused-ring (bicyclic) bond motifs is 1. The van der Waals surface area contributed by atoms with E-state index in [2.05, 4.69) is 25.3 Å². The van der Waals surface area contributed by atoms with E-state index < -0.39 is 18.4 Å². The second kappa shape index (κ2) is 7.24. The van der Waals surface area contributed by atoms with Crippen LogP contribution in [0.3, 0.4) is 0 Å². The van der Waals surface area contributed by atoms with Crippen molar-refractivity contribution in [3.8, 4) is 0 Å². The van der Waals surface area contributed by atoms with Gasteiger partial charge in [-0.05, 0) is 25.0 Å². The number of aromatic nitrogens is 6. The second-order valence-corrected chi connectivity index (χ2v) is 7.54. The van der Waals surface area contributed by atoms with Crippen LogP contribution in [0.2, 0.25) is 0 Å². The van der Waals surface area contributed by atoms with Gasteiger partial charge in [0.25, 0.3) is 12.2 Å². The molecule has 0 aromatic carbocycles. The maximum atomic E-state index is 13.3. The van der Waals surface area contributed by atoms with E-state index in [1.165, 1.54) is 12.1 Å². The van der Waals surface area contributed by atoms with Gasteiger partial charge in [0, 0.05) is 38.2 Å². The van der Waals surface area contributed by atoms with Crippen molar-refractivity contribution >= 4 is 17.3 Å². The SMILES string of the molecule is FC(F)c1cc(N2CCN(c3ccc4nnc(C(F)(F)F)n4n3)CC2)nc(C2CC2)n1. The Labute approximate surface area is 172 Å². The molecule has 1 saturated carbocycles. The van der Waals surface area contributed by atoms with E-state index in [-0.39, 0.29) is 17.3 Å². The van der Waals surface area contributed by atoms with Crippen LogP contribution in [0.5, 0.6) is 0 Å². The summed E-state index contributed by atoms with van der Waals surface area (Å²) in [6.45, 7) is 1.79. The Morgan fingerprint density at radius 2 is 1.58 bits per heavy atom. The number of hydrogen-bond acceptors (Lipinski definition) is 7. The van der Waals surface area contributed by atoms with Gasteiger partial charge in [-0.25, -0.2) is 18.7 Å². The summed E-state index contributed by atoms with van der Waals surface area (Å²) in [6, 6.07) is 4.33. The molecule has 0 N–H and O–H groups in total. The molecule has 5 rings (SSSR count). The highest BCUT2D eigenvalue weighted by atomic mass is 19.4. The summed E-state index contributed by atoms with van der Waals surface area (Å²) < 4.78 is 66.5. The Morgan fingerprint density at radius 1 is 0.903 bits per heavy atom. The van der Waals surface area contributed by atoms with Crippen LogP contribution in [0.1, 0.15) is 42.5 Å². The summed E-state index contributed by atoms with van der Waals surface area (Å²) in [7, 11) is 0. The van der Waals surface area contributed by atoms with Crippen molar-refractivity contribution in [3.63, 3.8) is 0 Å². The van der Waals surface area contributed by atoms with Crippen molar-refractivity contribution in [2.75, 3.05) is 36.0 Å². The Hall–Kier alpha value is -3.12.